The van der Waals surface area contributed by atoms with Crippen LogP contribution in [0.4, 0.5) is 0 Å². The predicted molar refractivity (Wildman–Crippen MR) is 283 cm³/mol. The van der Waals surface area contributed by atoms with Gasteiger partial charge in [-0.25, -0.2) is 0 Å². The zero-order valence-electron chi connectivity index (χ0n) is 42.7. The van der Waals surface area contributed by atoms with Gasteiger partial charge in [-0.05, 0) is 116 Å². The summed E-state index contributed by atoms with van der Waals surface area (Å²) in [6.45, 7) is 6.39. The average molecular weight is 915 g/mol. The Morgan fingerprint density at radius 3 is 1.03 bits per heavy atom. The number of allylic oxidation sites excluding steroid dienone is 18. The van der Waals surface area contributed by atoms with Crippen molar-refractivity contribution in [3.8, 4) is 0 Å². The molecule has 0 saturated heterocycles. The minimum absolute atomic E-state index is 0.111. The van der Waals surface area contributed by atoms with Gasteiger partial charge in [-0.3, -0.25) is 14.4 Å². The SMILES string of the molecule is CC/C=C\C/C=C\C/C=C\C/C=C\C/C=C\C/C=C\CCC(=O)OC[C@@H](COC(=O)CCCCCCC/C=C\CCCCC)OC(=O)CCCCCCCCC/C=C\C/C=C\CCCCC. The maximum absolute atomic E-state index is 12.8. The van der Waals surface area contributed by atoms with E-state index in [1.54, 1.807) is 0 Å². The molecular weight excluding hydrogens is 817 g/mol. The standard InChI is InChI=1S/C60H98O6/c1-4-7-10-13-16-19-22-25-27-29-30-32-33-35-38-41-44-47-50-53-59(62)65-56-57(55-64-58(61)52-49-46-43-40-37-24-21-18-15-12-9-6-3)66-60(63)54-51-48-45-42-39-36-34-31-28-26-23-20-17-14-11-8-5-2/h7,10,16-21,25-28,30,32,35,38,44,47,57H,4-6,8-9,11-15,22-24,29,31,33-34,36-37,39-43,45-46,48-56H2,1-3H3/b10-7-,19-16-,20-17-,21-18-,27-25-,28-26-,32-30-,38-35-,47-44-/t57-/m1/s1. The molecule has 0 radical (unpaired) electrons. The first kappa shape index (κ1) is 62.1. The minimum atomic E-state index is -0.817. The molecule has 1 atom stereocenters. The molecule has 0 aromatic heterocycles. The van der Waals surface area contributed by atoms with Crippen molar-refractivity contribution in [3.05, 3.63) is 109 Å². The lowest BCUT2D eigenvalue weighted by Crippen LogP contribution is -2.30. The van der Waals surface area contributed by atoms with Crippen molar-refractivity contribution in [2.45, 2.75) is 239 Å². The van der Waals surface area contributed by atoms with Crippen LogP contribution in [0.3, 0.4) is 0 Å². The molecule has 0 spiro atoms. The largest absolute Gasteiger partial charge is 0.462 e. The molecule has 0 unspecified atom stereocenters. The lowest BCUT2D eigenvalue weighted by molar-refractivity contribution is -0.166. The first-order chi connectivity index (χ1) is 32.5. The second-order valence-corrected chi connectivity index (χ2v) is 17.4. The summed E-state index contributed by atoms with van der Waals surface area (Å²) in [6, 6.07) is 0. The van der Waals surface area contributed by atoms with Crippen molar-refractivity contribution in [2.24, 2.45) is 0 Å². The molecule has 0 amide bonds. The van der Waals surface area contributed by atoms with Gasteiger partial charge >= 0.3 is 17.9 Å². The molecule has 0 aromatic carbocycles. The minimum Gasteiger partial charge on any atom is -0.462 e. The van der Waals surface area contributed by atoms with Crippen molar-refractivity contribution >= 4 is 17.9 Å². The summed E-state index contributed by atoms with van der Waals surface area (Å²) < 4.78 is 16.7. The van der Waals surface area contributed by atoms with E-state index in [0.717, 1.165) is 103 Å². The Balaban J connectivity index is 4.52. The zero-order valence-corrected chi connectivity index (χ0v) is 42.7. The fourth-order valence-electron chi connectivity index (χ4n) is 6.96. The van der Waals surface area contributed by atoms with E-state index in [4.69, 9.17) is 14.2 Å². The number of esters is 3. The molecule has 6 nitrogen and oxygen atoms in total. The summed E-state index contributed by atoms with van der Waals surface area (Å²) in [4.78, 5) is 38.0. The van der Waals surface area contributed by atoms with Gasteiger partial charge in [0.1, 0.15) is 13.2 Å². The lowest BCUT2D eigenvalue weighted by atomic mass is 10.1. The van der Waals surface area contributed by atoms with Gasteiger partial charge in [0.2, 0.25) is 0 Å². The summed E-state index contributed by atoms with van der Waals surface area (Å²) in [5.41, 5.74) is 0. The van der Waals surface area contributed by atoms with Gasteiger partial charge in [-0.2, -0.15) is 0 Å². The van der Waals surface area contributed by atoms with Gasteiger partial charge in [0.25, 0.3) is 0 Å². The van der Waals surface area contributed by atoms with Crippen molar-refractivity contribution in [1.29, 1.82) is 0 Å². The van der Waals surface area contributed by atoms with Crippen LogP contribution in [-0.2, 0) is 28.6 Å². The number of rotatable bonds is 47. The molecule has 374 valence electrons. The molecule has 0 heterocycles. The summed E-state index contributed by atoms with van der Waals surface area (Å²) in [7, 11) is 0. The van der Waals surface area contributed by atoms with Gasteiger partial charge in [0.05, 0.1) is 0 Å². The van der Waals surface area contributed by atoms with E-state index in [0.29, 0.717) is 19.3 Å². The summed E-state index contributed by atoms with van der Waals surface area (Å²) >= 11 is 0. The highest BCUT2D eigenvalue weighted by molar-refractivity contribution is 5.71. The first-order valence-corrected chi connectivity index (χ1v) is 26.9. The smallest absolute Gasteiger partial charge is 0.306 e. The van der Waals surface area contributed by atoms with Crippen LogP contribution >= 0.6 is 0 Å². The monoisotopic (exact) mass is 915 g/mol. The van der Waals surface area contributed by atoms with Crippen LogP contribution < -0.4 is 0 Å². The van der Waals surface area contributed by atoms with E-state index in [1.165, 1.54) is 83.5 Å². The number of carbonyl (C=O) groups is 3. The summed E-state index contributed by atoms with van der Waals surface area (Å²) in [5.74, 6) is -1.02. The molecule has 6 heteroatoms. The van der Waals surface area contributed by atoms with E-state index in [1.807, 2.05) is 6.08 Å². The molecule has 0 aliphatic heterocycles. The highest BCUT2D eigenvalue weighted by atomic mass is 16.6. The second kappa shape index (κ2) is 53.7. The number of hydrogen-bond acceptors (Lipinski definition) is 6. The molecule has 0 aliphatic carbocycles. The lowest BCUT2D eigenvalue weighted by Gasteiger charge is -2.18. The van der Waals surface area contributed by atoms with Gasteiger partial charge < -0.3 is 14.2 Å². The normalized spacial score (nSPS) is 13.0. The third-order valence-corrected chi connectivity index (χ3v) is 11.0. The van der Waals surface area contributed by atoms with Crippen LogP contribution in [0.15, 0.2) is 109 Å². The van der Waals surface area contributed by atoms with Gasteiger partial charge in [0, 0.05) is 19.3 Å². The van der Waals surface area contributed by atoms with E-state index < -0.39 is 6.10 Å². The molecule has 0 bridgehead atoms. The van der Waals surface area contributed by atoms with Crippen LogP contribution in [0.5, 0.6) is 0 Å². The molecule has 0 aliphatic rings. The third-order valence-electron chi connectivity index (χ3n) is 11.0. The molecular formula is C60H98O6. The maximum atomic E-state index is 12.8. The van der Waals surface area contributed by atoms with Crippen LogP contribution in [0.1, 0.15) is 233 Å². The molecule has 0 fully saturated rings. The van der Waals surface area contributed by atoms with E-state index in [2.05, 4.69) is 124 Å². The molecule has 0 saturated carbocycles. The number of unbranched alkanes of at least 4 members (excludes halogenated alkanes) is 18. The predicted octanol–water partition coefficient (Wildman–Crippen LogP) is 17.9. The second-order valence-electron chi connectivity index (χ2n) is 17.4. The quantitative estimate of drug-likeness (QED) is 0.0262. The number of ether oxygens (including phenoxy) is 3. The highest BCUT2D eigenvalue weighted by Crippen LogP contribution is 2.13. The number of hydrogen-bond donors (Lipinski definition) is 0. The Morgan fingerprint density at radius 1 is 0.318 bits per heavy atom. The summed E-state index contributed by atoms with van der Waals surface area (Å²) in [6.07, 6.45) is 72.2. The Bertz CT molecular complexity index is 1370. The van der Waals surface area contributed by atoms with Crippen molar-refractivity contribution in [2.75, 3.05) is 13.2 Å². The van der Waals surface area contributed by atoms with Crippen LogP contribution in [0, 0.1) is 0 Å². The molecule has 0 aromatic rings. The molecule has 0 rings (SSSR count). The summed E-state index contributed by atoms with van der Waals surface area (Å²) in [5, 5.41) is 0. The Morgan fingerprint density at radius 2 is 0.621 bits per heavy atom. The van der Waals surface area contributed by atoms with Crippen LogP contribution in [-0.4, -0.2) is 37.2 Å². The first-order valence-electron chi connectivity index (χ1n) is 26.9. The van der Waals surface area contributed by atoms with Crippen molar-refractivity contribution < 1.29 is 28.6 Å². The maximum Gasteiger partial charge on any atom is 0.306 e. The van der Waals surface area contributed by atoms with E-state index in [9.17, 15) is 14.4 Å². The van der Waals surface area contributed by atoms with Gasteiger partial charge in [-0.1, -0.05) is 207 Å². The van der Waals surface area contributed by atoms with Crippen molar-refractivity contribution in [3.63, 3.8) is 0 Å². The number of carbonyl (C=O) groups excluding carboxylic acids is 3. The highest BCUT2D eigenvalue weighted by Gasteiger charge is 2.19. The Kier molecular flexibility index (Phi) is 50.5. The molecule has 66 heavy (non-hydrogen) atoms. The Hall–Kier alpha value is -3.93. The molecule has 0 N–H and O–H groups in total. The van der Waals surface area contributed by atoms with Gasteiger partial charge in [-0.15, -0.1) is 0 Å². The van der Waals surface area contributed by atoms with Crippen LogP contribution in [0.25, 0.3) is 0 Å². The van der Waals surface area contributed by atoms with Crippen LogP contribution in [0.2, 0.25) is 0 Å². The Labute approximate surface area is 406 Å². The fourth-order valence-corrected chi connectivity index (χ4v) is 6.96. The van der Waals surface area contributed by atoms with E-state index >= 15 is 0 Å². The van der Waals surface area contributed by atoms with Crippen molar-refractivity contribution in [1.82, 2.24) is 0 Å². The third kappa shape index (κ3) is 51.1. The zero-order chi connectivity index (χ0) is 47.9. The fraction of sp³-hybridized carbons (Fsp3) is 0.650. The average Bonchev–Trinajstić information content (AvgIpc) is 3.31. The topological polar surface area (TPSA) is 78.9 Å². The van der Waals surface area contributed by atoms with Gasteiger partial charge in [0.15, 0.2) is 6.10 Å². The van der Waals surface area contributed by atoms with E-state index in [-0.39, 0.29) is 37.5 Å².